The lowest BCUT2D eigenvalue weighted by Crippen LogP contribution is -2.34. The van der Waals surface area contributed by atoms with E-state index in [0.717, 1.165) is 25.9 Å². The summed E-state index contributed by atoms with van der Waals surface area (Å²) in [6.45, 7) is 6.96. The lowest BCUT2D eigenvalue weighted by atomic mass is 9.85. The molecule has 4 nitrogen and oxygen atoms in total. The zero-order chi connectivity index (χ0) is 15.5. The van der Waals surface area contributed by atoms with Gasteiger partial charge in [0.2, 0.25) is 5.91 Å². The summed E-state index contributed by atoms with van der Waals surface area (Å²) in [5.74, 6) is -0.0243. The van der Waals surface area contributed by atoms with Gasteiger partial charge in [0, 0.05) is 5.02 Å². The number of nitrogens with one attached hydrogen (secondary N) is 1. The van der Waals surface area contributed by atoms with Gasteiger partial charge in [-0.1, -0.05) is 25.4 Å². The third-order valence-electron chi connectivity index (χ3n) is 4.09. The van der Waals surface area contributed by atoms with Crippen molar-refractivity contribution in [3.63, 3.8) is 0 Å². The monoisotopic (exact) mass is 309 g/mol. The van der Waals surface area contributed by atoms with E-state index in [1.165, 1.54) is 6.42 Å². The number of rotatable bonds is 3. The molecule has 0 aromatic heterocycles. The third kappa shape index (κ3) is 4.90. The van der Waals surface area contributed by atoms with Gasteiger partial charge in [0.1, 0.15) is 0 Å². The number of halogens is 1. The molecule has 0 atom stereocenters. The number of nitrogens with zero attached hydrogens (tertiary/aromatic N) is 1. The molecule has 0 spiro atoms. The molecule has 3 N–H and O–H groups in total. The van der Waals surface area contributed by atoms with Crippen molar-refractivity contribution in [1.82, 2.24) is 4.90 Å². The van der Waals surface area contributed by atoms with Crippen LogP contribution in [0.4, 0.5) is 11.4 Å². The fourth-order valence-electron chi connectivity index (χ4n) is 2.68. The van der Waals surface area contributed by atoms with E-state index in [2.05, 4.69) is 24.1 Å². The number of hydrogen-bond donors (Lipinski definition) is 2. The van der Waals surface area contributed by atoms with Gasteiger partial charge in [-0.3, -0.25) is 9.69 Å². The normalized spacial score (nSPS) is 19.0. The molecule has 1 aromatic rings. The average molecular weight is 310 g/mol. The molecule has 1 heterocycles. The molecule has 1 fully saturated rings. The topological polar surface area (TPSA) is 58.4 Å². The molecule has 1 aliphatic rings. The maximum absolute atomic E-state index is 12.2. The Labute approximate surface area is 131 Å². The minimum Gasteiger partial charge on any atom is -0.397 e. The average Bonchev–Trinajstić information content (AvgIpc) is 2.54. The molecule has 21 heavy (non-hydrogen) atoms. The van der Waals surface area contributed by atoms with Crippen molar-refractivity contribution >= 4 is 28.9 Å². The van der Waals surface area contributed by atoms with Gasteiger partial charge in [0.05, 0.1) is 17.9 Å². The number of amides is 1. The maximum Gasteiger partial charge on any atom is 0.238 e. The SMILES string of the molecule is CC1(C)CCCN(CC(=O)Nc2ccc(Cl)cc2N)CC1. The van der Waals surface area contributed by atoms with Crippen LogP contribution in [0.5, 0.6) is 0 Å². The molecule has 1 aromatic carbocycles. The van der Waals surface area contributed by atoms with Crippen molar-refractivity contribution in [3.8, 4) is 0 Å². The predicted octanol–water partition coefficient (Wildman–Crippen LogP) is 3.37. The standard InChI is InChI=1S/C16H24ClN3O/c1-16(2)6-3-8-20(9-7-16)11-15(21)19-14-5-4-12(17)10-13(14)18/h4-5,10H,3,6-9,11,18H2,1-2H3,(H,19,21). The Morgan fingerprint density at radius 1 is 1.38 bits per heavy atom. The second-order valence-electron chi connectivity index (χ2n) is 6.57. The largest absolute Gasteiger partial charge is 0.397 e. The van der Waals surface area contributed by atoms with Crippen LogP contribution < -0.4 is 11.1 Å². The number of carbonyl (C=O) groups is 1. The van der Waals surface area contributed by atoms with Crippen LogP contribution in [0.25, 0.3) is 0 Å². The fraction of sp³-hybridized carbons (Fsp3) is 0.562. The van der Waals surface area contributed by atoms with Crippen LogP contribution in [0, 0.1) is 5.41 Å². The second kappa shape index (κ2) is 6.67. The van der Waals surface area contributed by atoms with Crippen molar-refractivity contribution in [2.45, 2.75) is 33.1 Å². The van der Waals surface area contributed by atoms with E-state index in [9.17, 15) is 4.79 Å². The first kappa shape index (κ1) is 16.1. The van der Waals surface area contributed by atoms with Crippen LogP contribution in [-0.2, 0) is 4.79 Å². The van der Waals surface area contributed by atoms with Crippen molar-refractivity contribution in [2.75, 3.05) is 30.7 Å². The van der Waals surface area contributed by atoms with E-state index >= 15 is 0 Å². The third-order valence-corrected chi connectivity index (χ3v) is 4.32. The number of nitrogen functional groups attached to an aromatic ring is 1. The summed E-state index contributed by atoms with van der Waals surface area (Å²) in [6.07, 6.45) is 3.49. The van der Waals surface area contributed by atoms with E-state index in [0.29, 0.717) is 28.4 Å². The smallest absolute Gasteiger partial charge is 0.238 e. The highest BCUT2D eigenvalue weighted by Crippen LogP contribution is 2.29. The van der Waals surface area contributed by atoms with Crippen LogP contribution in [0.3, 0.4) is 0 Å². The van der Waals surface area contributed by atoms with Crippen molar-refractivity contribution in [2.24, 2.45) is 5.41 Å². The van der Waals surface area contributed by atoms with Crippen LogP contribution in [0.1, 0.15) is 33.1 Å². The summed E-state index contributed by atoms with van der Waals surface area (Å²) in [7, 11) is 0. The molecule has 0 radical (unpaired) electrons. The highest BCUT2D eigenvalue weighted by Gasteiger charge is 2.24. The molecule has 0 aliphatic carbocycles. The zero-order valence-electron chi connectivity index (χ0n) is 12.8. The van der Waals surface area contributed by atoms with Gasteiger partial charge in [0.15, 0.2) is 0 Å². The van der Waals surface area contributed by atoms with Crippen molar-refractivity contribution in [1.29, 1.82) is 0 Å². The Morgan fingerprint density at radius 3 is 2.86 bits per heavy atom. The minimum absolute atomic E-state index is 0.0243. The first-order valence-corrected chi connectivity index (χ1v) is 7.81. The molecule has 0 bridgehead atoms. The molecule has 2 rings (SSSR count). The van der Waals surface area contributed by atoms with E-state index in [1.807, 2.05) is 0 Å². The fourth-order valence-corrected chi connectivity index (χ4v) is 2.86. The number of anilines is 2. The number of carbonyl (C=O) groups excluding carboxylic acids is 1. The van der Waals surface area contributed by atoms with E-state index in [-0.39, 0.29) is 5.91 Å². The lowest BCUT2D eigenvalue weighted by Gasteiger charge is -2.23. The van der Waals surface area contributed by atoms with Crippen LogP contribution >= 0.6 is 11.6 Å². The first-order valence-electron chi connectivity index (χ1n) is 7.43. The Bertz CT molecular complexity index is 516. The van der Waals surface area contributed by atoms with Crippen LogP contribution in [0.2, 0.25) is 5.02 Å². The molecular weight excluding hydrogens is 286 g/mol. The van der Waals surface area contributed by atoms with Gasteiger partial charge >= 0.3 is 0 Å². The number of nitrogens with two attached hydrogens (primary N) is 1. The van der Waals surface area contributed by atoms with Crippen LogP contribution in [0.15, 0.2) is 18.2 Å². The summed E-state index contributed by atoms with van der Waals surface area (Å²) in [4.78, 5) is 14.4. The highest BCUT2D eigenvalue weighted by molar-refractivity contribution is 6.31. The highest BCUT2D eigenvalue weighted by atomic mass is 35.5. The van der Waals surface area contributed by atoms with Gasteiger partial charge in [-0.15, -0.1) is 0 Å². The van der Waals surface area contributed by atoms with Gasteiger partial charge in [-0.2, -0.15) is 0 Å². The molecular formula is C16H24ClN3O. The molecule has 0 unspecified atom stereocenters. The lowest BCUT2D eigenvalue weighted by molar-refractivity contribution is -0.117. The first-order chi connectivity index (χ1) is 9.85. The van der Waals surface area contributed by atoms with Gasteiger partial charge in [0.25, 0.3) is 0 Å². The summed E-state index contributed by atoms with van der Waals surface area (Å²) >= 11 is 5.85. The summed E-state index contributed by atoms with van der Waals surface area (Å²) in [6, 6.07) is 5.11. The Morgan fingerprint density at radius 2 is 2.14 bits per heavy atom. The second-order valence-corrected chi connectivity index (χ2v) is 7.01. The van der Waals surface area contributed by atoms with E-state index in [4.69, 9.17) is 17.3 Å². The predicted molar refractivity (Wildman–Crippen MR) is 88.6 cm³/mol. The summed E-state index contributed by atoms with van der Waals surface area (Å²) in [5.41, 5.74) is 7.35. The Hall–Kier alpha value is -1.26. The Kier molecular flexibility index (Phi) is 5.12. The molecule has 0 saturated carbocycles. The minimum atomic E-state index is -0.0243. The number of likely N-dealkylation sites (tertiary alicyclic amines) is 1. The van der Waals surface area contributed by atoms with E-state index in [1.54, 1.807) is 18.2 Å². The molecule has 1 amide bonds. The van der Waals surface area contributed by atoms with E-state index < -0.39 is 0 Å². The summed E-state index contributed by atoms with van der Waals surface area (Å²) in [5, 5.41) is 3.43. The van der Waals surface area contributed by atoms with Crippen molar-refractivity contribution < 1.29 is 4.79 Å². The zero-order valence-corrected chi connectivity index (χ0v) is 13.5. The van der Waals surface area contributed by atoms with Crippen LogP contribution in [-0.4, -0.2) is 30.4 Å². The van der Waals surface area contributed by atoms with Crippen molar-refractivity contribution in [3.05, 3.63) is 23.2 Å². The molecule has 1 saturated heterocycles. The number of benzene rings is 1. The molecule has 116 valence electrons. The maximum atomic E-state index is 12.2. The van der Waals surface area contributed by atoms with Gasteiger partial charge < -0.3 is 11.1 Å². The van der Waals surface area contributed by atoms with Gasteiger partial charge in [-0.05, 0) is 56.0 Å². The number of hydrogen-bond acceptors (Lipinski definition) is 3. The quantitative estimate of drug-likeness (QED) is 0.842. The molecule has 1 aliphatic heterocycles. The summed E-state index contributed by atoms with van der Waals surface area (Å²) < 4.78 is 0. The van der Waals surface area contributed by atoms with Gasteiger partial charge in [-0.25, -0.2) is 0 Å². The Balaban J connectivity index is 1.89. The molecule has 5 heteroatoms.